The Kier molecular flexibility index (Phi) is 8.34. The average Bonchev–Trinajstić information content (AvgIpc) is 2.71. The Morgan fingerprint density at radius 2 is 2.13 bits per heavy atom. The predicted octanol–water partition coefficient (Wildman–Crippen LogP) is 3.20. The normalized spacial score (nSPS) is 15.7. The molecule has 0 bridgehead atoms. The number of aromatic nitrogens is 3. The van der Waals surface area contributed by atoms with Gasteiger partial charge < -0.3 is 15.2 Å². The van der Waals surface area contributed by atoms with Gasteiger partial charge in [-0.25, -0.2) is 9.97 Å². The van der Waals surface area contributed by atoms with Crippen LogP contribution in [-0.4, -0.2) is 33.5 Å². The van der Waals surface area contributed by atoms with Gasteiger partial charge in [0, 0.05) is 24.3 Å². The number of hydrogen-bond donors (Lipinski definition) is 2. The maximum Gasteiger partial charge on any atom is 0.263 e. The standard InChI is InChI=1S/C21H23N5O2.2ClH/c1-14-7-9-26(12-15-4-3-8-22-10-15)21(28)19(14)20(27)25-18-6-2-5-17-16(18)11-23-13-24-17;;/h2,5-7,9,11,13,15,22H,3-4,8,10,12H2,1H3,(H,25,27);2*1H. The maximum absolute atomic E-state index is 13.0. The zero-order valence-corrected chi connectivity index (χ0v) is 18.3. The van der Waals surface area contributed by atoms with Gasteiger partial charge in [-0.1, -0.05) is 6.07 Å². The molecule has 1 saturated heterocycles. The minimum absolute atomic E-state index is 0. The van der Waals surface area contributed by atoms with Crippen LogP contribution in [0.5, 0.6) is 0 Å². The van der Waals surface area contributed by atoms with Gasteiger partial charge in [-0.05, 0) is 62.5 Å². The Labute approximate surface area is 187 Å². The van der Waals surface area contributed by atoms with Crippen LogP contribution in [0.3, 0.4) is 0 Å². The average molecular weight is 450 g/mol. The summed E-state index contributed by atoms with van der Waals surface area (Å²) in [5.41, 5.74) is 1.92. The summed E-state index contributed by atoms with van der Waals surface area (Å²) in [6.45, 7) is 4.34. The largest absolute Gasteiger partial charge is 0.321 e. The van der Waals surface area contributed by atoms with Gasteiger partial charge in [0.25, 0.3) is 11.5 Å². The van der Waals surface area contributed by atoms with Gasteiger partial charge in [-0.3, -0.25) is 9.59 Å². The molecule has 1 atom stereocenters. The van der Waals surface area contributed by atoms with Crippen LogP contribution in [-0.2, 0) is 6.54 Å². The third kappa shape index (κ3) is 4.98. The molecule has 0 spiro atoms. The fourth-order valence-corrected chi connectivity index (χ4v) is 3.74. The second kappa shape index (κ2) is 10.5. The smallest absolute Gasteiger partial charge is 0.263 e. The third-order valence-electron chi connectivity index (χ3n) is 5.25. The number of anilines is 1. The Balaban J connectivity index is 0.00000160. The molecule has 3 heterocycles. The number of hydrogen-bond acceptors (Lipinski definition) is 5. The summed E-state index contributed by atoms with van der Waals surface area (Å²) in [6.07, 6.45) is 7.11. The number of nitrogens with one attached hydrogen (secondary N) is 2. The Morgan fingerprint density at radius 1 is 1.30 bits per heavy atom. The van der Waals surface area contributed by atoms with Crippen molar-refractivity contribution in [2.75, 3.05) is 18.4 Å². The number of amides is 1. The van der Waals surface area contributed by atoms with Crippen molar-refractivity contribution in [2.45, 2.75) is 26.3 Å². The summed E-state index contributed by atoms with van der Waals surface area (Å²) < 4.78 is 1.66. The number of halogens is 2. The highest BCUT2D eigenvalue weighted by Gasteiger charge is 2.19. The first-order chi connectivity index (χ1) is 13.6. The van der Waals surface area contributed by atoms with Crippen molar-refractivity contribution in [1.29, 1.82) is 0 Å². The molecule has 2 aromatic heterocycles. The highest BCUT2D eigenvalue weighted by Crippen LogP contribution is 2.21. The lowest BCUT2D eigenvalue weighted by Crippen LogP contribution is -2.36. The molecular formula is C21H25Cl2N5O2. The molecule has 1 aromatic carbocycles. The molecule has 1 aliphatic heterocycles. The highest BCUT2D eigenvalue weighted by molar-refractivity contribution is 6.09. The zero-order chi connectivity index (χ0) is 19.5. The number of benzene rings is 1. The molecule has 0 aliphatic carbocycles. The topological polar surface area (TPSA) is 88.9 Å². The van der Waals surface area contributed by atoms with E-state index in [0.29, 0.717) is 23.7 Å². The van der Waals surface area contributed by atoms with Crippen molar-refractivity contribution in [3.8, 4) is 0 Å². The molecule has 2 N–H and O–H groups in total. The first-order valence-electron chi connectivity index (χ1n) is 9.54. The summed E-state index contributed by atoms with van der Waals surface area (Å²) in [5, 5.41) is 6.97. The summed E-state index contributed by atoms with van der Waals surface area (Å²) in [4.78, 5) is 34.2. The quantitative estimate of drug-likeness (QED) is 0.638. The Hall–Kier alpha value is -2.48. The predicted molar refractivity (Wildman–Crippen MR) is 123 cm³/mol. The highest BCUT2D eigenvalue weighted by atomic mass is 35.5. The van der Waals surface area contributed by atoms with Gasteiger partial charge in [0.05, 0.1) is 11.2 Å². The zero-order valence-electron chi connectivity index (χ0n) is 16.6. The summed E-state index contributed by atoms with van der Waals surface area (Å²) in [7, 11) is 0. The van der Waals surface area contributed by atoms with Crippen LogP contribution in [0.25, 0.3) is 10.9 Å². The Morgan fingerprint density at radius 3 is 2.90 bits per heavy atom. The number of aryl methyl sites for hydroxylation is 1. The number of nitrogens with zero attached hydrogens (tertiary/aromatic N) is 3. The summed E-state index contributed by atoms with van der Waals surface area (Å²) in [6, 6.07) is 7.29. The lowest BCUT2D eigenvalue weighted by Gasteiger charge is -2.23. The van der Waals surface area contributed by atoms with E-state index in [1.807, 2.05) is 18.2 Å². The van der Waals surface area contributed by atoms with Crippen molar-refractivity contribution in [3.63, 3.8) is 0 Å². The van der Waals surface area contributed by atoms with Gasteiger partial charge >= 0.3 is 0 Å². The molecule has 0 saturated carbocycles. The van der Waals surface area contributed by atoms with E-state index in [1.54, 1.807) is 30.0 Å². The SMILES string of the molecule is Cc1ccn(CC2CCCNC2)c(=O)c1C(=O)Nc1cccc2ncncc12.Cl.Cl. The van der Waals surface area contributed by atoms with Crippen molar-refractivity contribution < 1.29 is 4.79 Å². The fourth-order valence-electron chi connectivity index (χ4n) is 3.74. The first kappa shape index (κ1) is 23.8. The van der Waals surface area contributed by atoms with Crippen LogP contribution in [0, 0.1) is 12.8 Å². The van der Waals surface area contributed by atoms with Crippen LogP contribution in [0.2, 0.25) is 0 Å². The second-order valence-corrected chi connectivity index (χ2v) is 7.26. The third-order valence-corrected chi connectivity index (χ3v) is 5.25. The molecule has 1 amide bonds. The molecule has 30 heavy (non-hydrogen) atoms. The van der Waals surface area contributed by atoms with Gasteiger partial charge in [0.15, 0.2) is 0 Å². The number of pyridine rings is 1. The van der Waals surface area contributed by atoms with E-state index in [2.05, 4.69) is 20.6 Å². The number of carbonyl (C=O) groups excluding carboxylic acids is 1. The maximum atomic E-state index is 13.0. The summed E-state index contributed by atoms with van der Waals surface area (Å²) >= 11 is 0. The second-order valence-electron chi connectivity index (χ2n) is 7.26. The van der Waals surface area contributed by atoms with Crippen molar-refractivity contribution in [3.05, 3.63) is 64.5 Å². The molecule has 160 valence electrons. The van der Waals surface area contributed by atoms with E-state index >= 15 is 0 Å². The number of piperidine rings is 1. The molecule has 0 radical (unpaired) electrons. The van der Waals surface area contributed by atoms with Crippen molar-refractivity contribution >= 4 is 47.3 Å². The molecule has 1 fully saturated rings. The van der Waals surface area contributed by atoms with E-state index in [9.17, 15) is 9.59 Å². The molecular weight excluding hydrogens is 425 g/mol. The van der Waals surface area contributed by atoms with E-state index in [-0.39, 0.29) is 35.9 Å². The summed E-state index contributed by atoms with van der Waals surface area (Å²) in [5.74, 6) is -0.00439. The van der Waals surface area contributed by atoms with Crippen LogP contribution >= 0.6 is 24.8 Å². The molecule has 4 rings (SSSR count). The van der Waals surface area contributed by atoms with E-state index in [0.717, 1.165) is 36.8 Å². The monoisotopic (exact) mass is 449 g/mol. The molecule has 1 aliphatic rings. The van der Waals surface area contributed by atoms with Crippen LogP contribution in [0.1, 0.15) is 28.8 Å². The minimum Gasteiger partial charge on any atom is -0.321 e. The molecule has 1 unspecified atom stereocenters. The van der Waals surface area contributed by atoms with Crippen LogP contribution < -0.4 is 16.2 Å². The number of carbonyl (C=O) groups is 1. The molecule has 3 aromatic rings. The van der Waals surface area contributed by atoms with Crippen molar-refractivity contribution in [1.82, 2.24) is 19.9 Å². The van der Waals surface area contributed by atoms with E-state index < -0.39 is 5.91 Å². The fraction of sp³-hybridized carbons (Fsp3) is 0.333. The van der Waals surface area contributed by atoms with Gasteiger partial charge in [0.1, 0.15) is 11.9 Å². The lowest BCUT2D eigenvalue weighted by molar-refractivity contribution is 0.102. The van der Waals surface area contributed by atoms with Gasteiger partial charge in [-0.15, -0.1) is 24.8 Å². The number of fused-ring (bicyclic) bond motifs is 1. The minimum atomic E-state index is -0.407. The van der Waals surface area contributed by atoms with E-state index in [1.165, 1.54) is 6.33 Å². The van der Waals surface area contributed by atoms with Gasteiger partial charge in [-0.2, -0.15) is 0 Å². The van der Waals surface area contributed by atoms with Gasteiger partial charge in [0.2, 0.25) is 0 Å². The van der Waals surface area contributed by atoms with Crippen LogP contribution in [0.4, 0.5) is 5.69 Å². The molecule has 7 nitrogen and oxygen atoms in total. The lowest BCUT2D eigenvalue weighted by atomic mass is 9.99. The Bertz CT molecular complexity index is 1080. The van der Waals surface area contributed by atoms with E-state index in [4.69, 9.17) is 0 Å². The van der Waals surface area contributed by atoms with Crippen molar-refractivity contribution in [2.24, 2.45) is 5.92 Å². The number of rotatable bonds is 4. The molecule has 9 heteroatoms. The first-order valence-corrected chi connectivity index (χ1v) is 9.54. The van der Waals surface area contributed by atoms with Crippen LogP contribution in [0.15, 0.2) is 47.8 Å².